The van der Waals surface area contributed by atoms with Crippen LogP contribution in [0.2, 0.25) is 0 Å². The Morgan fingerprint density at radius 3 is 2.27 bits per heavy atom. The summed E-state index contributed by atoms with van der Waals surface area (Å²) in [7, 11) is -3.62. The van der Waals surface area contributed by atoms with Crippen LogP contribution < -0.4 is 10.2 Å². The number of anilines is 2. The summed E-state index contributed by atoms with van der Waals surface area (Å²) in [6.45, 7) is 5.73. The molecule has 4 rings (SSSR count). The van der Waals surface area contributed by atoms with E-state index in [9.17, 15) is 22.8 Å². The van der Waals surface area contributed by atoms with Crippen molar-refractivity contribution < 1.29 is 22.8 Å². The summed E-state index contributed by atoms with van der Waals surface area (Å²) in [5.74, 6) is -0.730. The first-order chi connectivity index (χ1) is 15.5. The number of carbonyl (C=O) groups excluding carboxylic acids is 3. The van der Waals surface area contributed by atoms with Crippen molar-refractivity contribution in [3.63, 3.8) is 0 Å². The Morgan fingerprint density at radius 2 is 1.67 bits per heavy atom. The Kier molecular flexibility index (Phi) is 5.88. The fraction of sp³-hybridized carbons (Fsp3) is 0.375. The molecule has 0 aromatic heterocycles. The molecule has 0 unspecified atom stereocenters. The number of sulfonamides is 1. The molecule has 0 aliphatic carbocycles. The number of nitrogens with zero attached hydrogens (tertiary/aromatic N) is 2. The lowest BCUT2D eigenvalue weighted by Gasteiger charge is -2.20. The van der Waals surface area contributed by atoms with E-state index >= 15 is 0 Å². The quantitative estimate of drug-likeness (QED) is 0.655. The van der Waals surface area contributed by atoms with E-state index < -0.39 is 21.3 Å². The zero-order valence-corrected chi connectivity index (χ0v) is 19.7. The van der Waals surface area contributed by atoms with Crippen LogP contribution in [-0.2, 0) is 25.0 Å². The first-order valence-electron chi connectivity index (χ1n) is 10.9. The minimum absolute atomic E-state index is 0.0690. The molecule has 33 heavy (non-hydrogen) atoms. The number of fused-ring (bicyclic) bond motifs is 1. The highest BCUT2D eigenvalue weighted by molar-refractivity contribution is 7.89. The molecule has 0 spiro atoms. The standard InChI is InChI=1S/C24H27N3O5S/c1-16(28)17-6-8-18(9-7-17)25-22(29)15-27-21-11-10-19(14-20(21)24(2,3)23(27)30)33(31,32)26-12-4-5-13-26/h6-11,14H,4-5,12-13,15H2,1-3H3,(H,25,29). The third-order valence-electron chi connectivity index (χ3n) is 6.29. The number of rotatable bonds is 6. The normalized spacial score (nSPS) is 17.8. The van der Waals surface area contributed by atoms with Gasteiger partial charge in [0.15, 0.2) is 5.78 Å². The zero-order valence-electron chi connectivity index (χ0n) is 18.9. The Balaban J connectivity index is 1.57. The predicted octanol–water partition coefficient (Wildman–Crippen LogP) is 2.94. The van der Waals surface area contributed by atoms with Gasteiger partial charge in [0.05, 0.1) is 10.3 Å². The molecule has 8 nitrogen and oxygen atoms in total. The van der Waals surface area contributed by atoms with Crippen LogP contribution in [0.25, 0.3) is 0 Å². The lowest BCUT2D eigenvalue weighted by Crippen LogP contribution is -2.40. The van der Waals surface area contributed by atoms with E-state index in [2.05, 4.69) is 5.32 Å². The molecule has 2 aliphatic rings. The van der Waals surface area contributed by atoms with Gasteiger partial charge in [0.1, 0.15) is 6.54 Å². The minimum atomic E-state index is -3.62. The molecule has 0 radical (unpaired) electrons. The van der Waals surface area contributed by atoms with Crippen molar-refractivity contribution in [2.24, 2.45) is 0 Å². The molecule has 2 aromatic rings. The van der Waals surface area contributed by atoms with Gasteiger partial charge in [-0.25, -0.2) is 8.42 Å². The first kappa shape index (κ1) is 23.1. The van der Waals surface area contributed by atoms with Crippen LogP contribution >= 0.6 is 0 Å². The van der Waals surface area contributed by atoms with Crippen molar-refractivity contribution in [3.05, 3.63) is 53.6 Å². The van der Waals surface area contributed by atoms with Gasteiger partial charge in [-0.15, -0.1) is 0 Å². The molecule has 9 heteroatoms. The van der Waals surface area contributed by atoms with Crippen molar-refractivity contribution >= 4 is 39.0 Å². The minimum Gasteiger partial charge on any atom is -0.325 e. The fourth-order valence-electron chi connectivity index (χ4n) is 4.34. The van der Waals surface area contributed by atoms with Crippen LogP contribution in [0.4, 0.5) is 11.4 Å². The molecule has 2 heterocycles. The summed E-state index contributed by atoms with van der Waals surface area (Å²) in [5, 5.41) is 2.74. The van der Waals surface area contributed by atoms with Crippen LogP contribution in [0.3, 0.4) is 0 Å². The number of Topliss-reactive ketones (excluding diaryl/α,β-unsaturated/α-hetero) is 1. The highest BCUT2D eigenvalue weighted by atomic mass is 32.2. The number of amides is 2. The van der Waals surface area contributed by atoms with Gasteiger partial charge in [-0.1, -0.05) is 0 Å². The van der Waals surface area contributed by atoms with E-state index in [1.165, 1.54) is 22.2 Å². The van der Waals surface area contributed by atoms with E-state index in [0.717, 1.165) is 12.8 Å². The fourth-order valence-corrected chi connectivity index (χ4v) is 5.88. The number of ketones is 1. The van der Waals surface area contributed by atoms with Crippen molar-refractivity contribution in [1.29, 1.82) is 0 Å². The van der Waals surface area contributed by atoms with Gasteiger partial charge in [0.25, 0.3) is 0 Å². The van der Waals surface area contributed by atoms with E-state index in [-0.39, 0.29) is 23.1 Å². The summed E-state index contributed by atoms with van der Waals surface area (Å²) in [6, 6.07) is 11.2. The van der Waals surface area contributed by atoms with Crippen molar-refractivity contribution in [3.8, 4) is 0 Å². The maximum Gasteiger partial charge on any atom is 0.244 e. The van der Waals surface area contributed by atoms with Gasteiger partial charge in [0.2, 0.25) is 21.8 Å². The number of benzene rings is 2. The number of nitrogens with one attached hydrogen (secondary N) is 1. The molecule has 174 valence electrons. The average molecular weight is 470 g/mol. The summed E-state index contributed by atoms with van der Waals surface area (Å²) in [5.41, 5.74) is 1.22. The van der Waals surface area contributed by atoms with Crippen LogP contribution in [0.5, 0.6) is 0 Å². The molecule has 0 bridgehead atoms. The number of hydrogen-bond donors (Lipinski definition) is 1. The van der Waals surface area contributed by atoms with Gasteiger partial charge >= 0.3 is 0 Å². The third-order valence-corrected chi connectivity index (χ3v) is 8.19. The smallest absolute Gasteiger partial charge is 0.244 e. The van der Waals surface area contributed by atoms with Gasteiger partial charge in [-0.3, -0.25) is 14.4 Å². The molecule has 2 amide bonds. The maximum absolute atomic E-state index is 13.2. The van der Waals surface area contributed by atoms with Gasteiger partial charge in [-0.2, -0.15) is 4.31 Å². The molecule has 0 atom stereocenters. The third kappa shape index (κ3) is 4.18. The van der Waals surface area contributed by atoms with Gasteiger partial charge in [-0.05, 0) is 81.6 Å². The molecule has 1 saturated heterocycles. The van der Waals surface area contributed by atoms with E-state index in [1.54, 1.807) is 50.2 Å². The summed E-state index contributed by atoms with van der Waals surface area (Å²) >= 11 is 0. The summed E-state index contributed by atoms with van der Waals surface area (Å²) in [6.07, 6.45) is 1.68. The Morgan fingerprint density at radius 1 is 1.03 bits per heavy atom. The SMILES string of the molecule is CC(=O)c1ccc(NC(=O)CN2C(=O)C(C)(C)c3cc(S(=O)(=O)N4CCCC4)ccc32)cc1. The topological polar surface area (TPSA) is 104 Å². The lowest BCUT2D eigenvalue weighted by atomic mass is 9.86. The van der Waals surface area contributed by atoms with Crippen molar-refractivity contribution in [1.82, 2.24) is 4.31 Å². The highest BCUT2D eigenvalue weighted by Crippen LogP contribution is 2.43. The second kappa shape index (κ2) is 8.39. The van der Waals surface area contributed by atoms with Crippen LogP contribution in [0, 0.1) is 0 Å². The molecular formula is C24H27N3O5S. The number of hydrogen-bond acceptors (Lipinski definition) is 5. The largest absolute Gasteiger partial charge is 0.325 e. The monoisotopic (exact) mass is 469 g/mol. The second-order valence-electron chi connectivity index (χ2n) is 8.99. The van der Waals surface area contributed by atoms with E-state index in [4.69, 9.17) is 0 Å². The predicted molar refractivity (Wildman–Crippen MR) is 125 cm³/mol. The molecule has 2 aromatic carbocycles. The van der Waals surface area contributed by atoms with Crippen LogP contribution in [0.15, 0.2) is 47.4 Å². The maximum atomic E-state index is 13.2. The first-order valence-corrected chi connectivity index (χ1v) is 12.3. The van der Waals surface area contributed by atoms with Gasteiger partial charge in [0, 0.05) is 30.0 Å². The van der Waals surface area contributed by atoms with Crippen LogP contribution in [-0.4, -0.2) is 50.0 Å². The van der Waals surface area contributed by atoms with E-state index in [0.29, 0.717) is 35.6 Å². The highest BCUT2D eigenvalue weighted by Gasteiger charge is 2.45. The van der Waals surface area contributed by atoms with Gasteiger partial charge < -0.3 is 10.2 Å². The van der Waals surface area contributed by atoms with E-state index in [1.807, 2.05) is 0 Å². The lowest BCUT2D eigenvalue weighted by molar-refractivity contribution is -0.124. The second-order valence-corrected chi connectivity index (χ2v) is 10.9. The molecular weight excluding hydrogens is 442 g/mol. The number of carbonyl (C=O) groups is 3. The molecule has 1 fully saturated rings. The molecule has 2 aliphatic heterocycles. The molecule has 1 N–H and O–H groups in total. The summed E-state index contributed by atoms with van der Waals surface area (Å²) < 4.78 is 27.5. The average Bonchev–Trinajstić information content (AvgIpc) is 3.38. The Bertz CT molecular complexity index is 1230. The zero-order chi connectivity index (χ0) is 24.0. The molecule has 0 saturated carbocycles. The van der Waals surface area contributed by atoms with Crippen molar-refractivity contribution in [2.45, 2.75) is 43.9 Å². The van der Waals surface area contributed by atoms with Crippen molar-refractivity contribution in [2.75, 3.05) is 29.9 Å². The van der Waals surface area contributed by atoms with Crippen LogP contribution in [0.1, 0.15) is 49.5 Å². The summed E-state index contributed by atoms with van der Waals surface area (Å²) in [4.78, 5) is 38.8. The Labute approximate surface area is 193 Å². The Hall–Kier alpha value is -3.04.